The molecule has 0 amide bonds. The molecule has 0 aromatic heterocycles. The van der Waals surface area contributed by atoms with E-state index in [0.29, 0.717) is 11.8 Å². The second kappa shape index (κ2) is 13.2. The van der Waals surface area contributed by atoms with Crippen LogP contribution in [0.4, 0.5) is 0 Å². The van der Waals surface area contributed by atoms with E-state index in [1.165, 1.54) is 125 Å². The molecule has 0 spiro atoms. The number of fused-ring (bicyclic) bond motifs is 6. The van der Waals surface area contributed by atoms with Gasteiger partial charge in [0.15, 0.2) is 0 Å². The van der Waals surface area contributed by atoms with Crippen molar-refractivity contribution in [3.8, 4) is 11.1 Å². The standard InChI is InChI=1S/C50H54/c1-5-15-33(16-6-1)40-27-28-41(34-17-7-2-8-18-34)44-32-48-47(31-43(40)44)49(36-20-9-3-10-21-36)45-29-38-26-25-35-19-13-14-24-39(35)42(38)30-46(45)50(48)37-22-11-4-12-23-37/h2,4,7-8,11-12,17-18,22-23,27-33,35-36,39,49-50H,1,3,5-6,9-10,13-16,19-21,24-26H2. The first-order chi connectivity index (χ1) is 24.8. The highest BCUT2D eigenvalue weighted by atomic mass is 14.4. The molecule has 5 aliphatic carbocycles. The van der Waals surface area contributed by atoms with Crippen LogP contribution < -0.4 is 0 Å². The fraction of sp³-hybridized carbons (Fsp3) is 0.440. The predicted molar refractivity (Wildman–Crippen MR) is 210 cm³/mol. The molecule has 5 aromatic rings. The highest BCUT2D eigenvalue weighted by molar-refractivity contribution is 6.00. The maximum absolute atomic E-state index is 2.81. The van der Waals surface area contributed by atoms with E-state index in [2.05, 4.69) is 97.1 Å². The zero-order valence-electron chi connectivity index (χ0n) is 30.0. The van der Waals surface area contributed by atoms with Crippen LogP contribution in [0.25, 0.3) is 21.9 Å². The van der Waals surface area contributed by atoms with Crippen LogP contribution in [-0.4, -0.2) is 0 Å². The van der Waals surface area contributed by atoms with Gasteiger partial charge in [-0.2, -0.15) is 0 Å². The molecule has 0 heteroatoms. The maximum atomic E-state index is 2.81. The van der Waals surface area contributed by atoms with E-state index in [1.54, 1.807) is 44.3 Å². The Hall–Kier alpha value is -3.64. The summed E-state index contributed by atoms with van der Waals surface area (Å²) in [6.45, 7) is 0. The van der Waals surface area contributed by atoms with Crippen LogP contribution in [0, 0.1) is 11.8 Å². The van der Waals surface area contributed by atoms with E-state index in [1.807, 2.05) is 0 Å². The minimum Gasteiger partial charge on any atom is -0.0622 e. The van der Waals surface area contributed by atoms with Gasteiger partial charge >= 0.3 is 0 Å². The predicted octanol–water partition coefficient (Wildman–Crippen LogP) is 14.0. The third kappa shape index (κ3) is 5.31. The quantitative estimate of drug-likeness (QED) is 0.181. The third-order valence-corrected chi connectivity index (χ3v) is 14.4. The number of hydrogen-bond donors (Lipinski definition) is 0. The van der Waals surface area contributed by atoms with Gasteiger partial charge in [-0.15, -0.1) is 0 Å². The second-order valence-corrected chi connectivity index (χ2v) is 17.0. The van der Waals surface area contributed by atoms with Crippen molar-refractivity contribution in [1.29, 1.82) is 0 Å². The molecule has 0 heterocycles. The highest BCUT2D eigenvalue weighted by Gasteiger charge is 2.41. The number of rotatable bonds is 4. The van der Waals surface area contributed by atoms with Gasteiger partial charge in [-0.05, 0) is 154 Å². The molecule has 5 aromatic carbocycles. The van der Waals surface area contributed by atoms with Crippen LogP contribution >= 0.6 is 0 Å². The Morgan fingerprint density at radius 3 is 1.86 bits per heavy atom. The summed E-state index contributed by atoms with van der Waals surface area (Å²) in [5.74, 6) is 3.85. The molecule has 10 rings (SSSR count). The van der Waals surface area contributed by atoms with Crippen molar-refractivity contribution >= 4 is 10.8 Å². The smallest absolute Gasteiger partial charge is 0.0346 e. The molecule has 4 atom stereocenters. The molecule has 3 fully saturated rings. The summed E-state index contributed by atoms with van der Waals surface area (Å²) in [6, 6.07) is 39.1. The molecule has 0 nitrogen and oxygen atoms in total. The lowest BCUT2D eigenvalue weighted by Crippen LogP contribution is -2.29. The Labute approximate surface area is 300 Å². The molecule has 4 unspecified atom stereocenters. The largest absolute Gasteiger partial charge is 0.0622 e. The molecular weight excluding hydrogens is 601 g/mol. The first kappa shape index (κ1) is 31.1. The van der Waals surface area contributed by atoms with Gasteiger partial charge in [0.1, 0.15) is 0 Å². The molecule has 254 valence electrons. The summed E-state index contributed by atoms with van der Waals surface area (Å²) in [5.41, 5.74) is 15.9. The van der Waals surface area contributed by atoms with Crippen molar-refractivity contribution in [3.05, 3.63) is 142 Å². The van der Waals surface area contributed by atoms with Crippen LogP contribution in [0.15, 0.2) is 97.1 Å². The zero-order chi connectivity index (χ0) is 33.0. The topological polar surface area (TPSA) is 0 Å². The van der Waals surface area contributed by atoms with Crippen LogP contribution in [-0.2, 0) is 6.42 Å². The Bertz CT molecular complexity index is 1990. The van der Waals surface area contributed by atoms with Crippen LogP contribution in [0.3, 0.4) is 0 Å². The SMILES string of the molecule is c1ccc(-c2ccc(C3CCCCC3)c3cc4c(cc23)C(c2ccccc2)c2cc3c(cc2C4C2CCCCC2)CCC2CCCCC32)cc1. The molecular formula is C50H54. The lowest BCUT2D eigenvalue weighted by Gasteiger charge is -2.43. The summed E-state index contributed by atoms with van der Waals surface area (Å²) in [5, 5.41) is 3.03. The monoisotopic (exact) mass is 654 g/mol. The van der Waals surface area contributed by atoms with E-state index < -0.39 is 0 Å². The van der Waals surface area contributed by atoms with Gasteiger partial charge in [0, 0.05) is 11.8 Å². The lowest BCUT2D eigenvalue weighted by atomic mass is 9.61. The van der Waals surface area contributed by atoms with Gasteiger partial charge in [-0.25, -0.2) is 0 Å². The van der Waals surface area contributed by atoms with Crippen molar-refractivity contribution in [2.45, 2.75) is 126 Å². The van der Waals surface area contributed by atoms with Crippen molar-refractivity contribution in [2.24, 2.45) is 11.8 Å². The van der Waals surface area contributed by atoms with E-state index in [4.69, 9.17) is 0 Å². The Balaban J connectivity index is 1.26. The van der Waals surface area contributed by atoms with Crippen LogP contribution in [0.1, 0.15) is 164 Å². The van der Waals surface area contributed by atoms with E-state index >= 15 is 0 Å². The highest BCUT2D eigenvalue weighted by Crippen LogP contribution is 2.56. The first-order valence-corrected chi connectivity index (χ1v) is 20.7. The Morgan fingerprint density at radius 2 is 1.06 bits per heavy atom. The molecule has 0 bridgehead atoms. The van der Waals surface area contributed by atoms with E-state index in [9.17, 15) is 0 Å². The third-order valence-electron chi connectivity index (χ3n) is 14.4. The summed E-state index contributed by atoms with van der Waals surface area (Å²) >= 11 is 0. The van der Waals surface area contributed by atoms with Gasteiger partial charge in [0.25, 0.3) is 0 Å². The van der Waals surface area contributed by atoms with Gasteiger partial charge in [-0.1, -0.05) is 136 Å². The molecule has 0 aliphatic heterocycles. The number of aryl methyl sites for hydroxylation is 1. The maximum Gasteiger partial charge on any atom is 0.0346 e. The van der Waals surface area contributed by atoms with Crippen LogP contribution in [0.5, 0.6) is 0 Å². The number of benzene rings is 5. The molecule has 0 N–H and O–H groups in total. The van der Waals surface area contributed by atoms with Crippen molar-refractivity contribution in [1.82, 2.24) is 0 Å². The Kier molecular flexibility index (Phi) is 8.19. The molecule has 0 radical (unpaired) electrons. The molecule has 3 saturated carbocycles. The number of hydrogen-bond acceptors (Lipinski definition) is 0. The molecule has 5 aliphatic rings. The fourth-order valence-corrected chi connectivity index (χ4v) is 12.0. The molecule has 0 saturated heterocycles. The van der Waals surface area contributed by atoms with Crippen molar-refractivity contribution < 1.29 is 0 Å². The lowest BCUT2D eigenvalue weighted by molar-refractivity contribution is 0.275. The first-order valence-electron chi connectivity index (χ1n) is 20.7. The summed E-state index contributed by atoms with van der Waals surface area (Å²) < 4.78 is 0. The van der Waals surface area contributed by atoms with Gasteiger partial charge < -0.3 is 0 Å². The van der Waals surface area contributed by atoms with Crippen molar-refractivity contribution in [2.75, 3.05) is 0 Å². The van der Waals surface area contributed by atoms with E-state index in [0.717, 1.165) is 17.8 Å². The van der Waals surface area contributed by atoms with Crippen molar-refractivity contribution in [3.63, 3.8) is 0 Å². The van der Waals surface area contributed by atoms with Gasteiger partial charge in [0.05, 0.1) is 0 Å². The minimum atomic E-state index is 0.279. The average molecular weight is 655 g/mol. The average Bonchev–Trinajstić information content (AvgIpc) is 3.19. The second-order valence-electron chi connectivity index (χ2n) is 17.0. The van der Waals surface area contributed by atoms with Gasteiger partial charge in [0.2, 0.25) is 0 Å². The normalized spacial score (nSPS) is 25.4. The zero-order valence-corrected chi connectivity index (χ0v) is 30.0. The van der Waals surface area contributed by atoms with Gasteiger partial charge in [-0.3, -0.25) is 0 Å². The molecule has 50 heavy (non-hydrogen) atoms. The van der Waals surface area contributed by atoms with Crippen LogP contribution in [0.2, 0.25) is 0 Å². The van der Waals surface area contributed by atoms with E-state index in [-0.39, 0.29) is 5.92 Å². The summed E-state index contributed by atoms with van der Waals surface area (Å²) in [6.07, 6.45) is 22.1. The summed E-state index contributed by atoms with van der Waals surface area (Å²) in [7, 11) is 0. The minimum absolute atomic E-state index is 0.279. The Morgan fingerprint density at radius 1 is 0.420 bits per heavy atom. The summed E-state index contributed by atoms with van der Waals surface area (Å²) in [4.78, 5) is 0. The fourth-order valence-electron chi connectivity index (χ4n) is 12.0.